The molecule has 2 rings (SSSR count). The van der Waals surface area contributed by atoms with E-state index in [0.717, 1.165) is 19.3 Å². The summed E-state index contributed by atoms with van der Waals surface area (Å²) in [6.07, 6.45) is 17.1. The number of fused-ring (bicyclic) bond motifs is 2. The normalized spacial score (nSPS) is 33.5. The monoisotopic (exact) mass is 302 g/mol. The Bertz CT molecular complexity index is 484. The quantitative estimate of drug-likeness (QED) is 0.291. The minimum absolute atomic E-state index is 0.0907. The maximum absolute atomic E-state index is 12.0. The molecular formula is C20H30O2. The van der Waals surface area contributed by atoms with E-state index < -0.39 is 0 Å². The van der Waals surface area contributed by atoms with Gasteiger partial charge in [-0.15, -0.1) is 0 Å². The van der Waals surface area contributed by atoms with Crippen molar-refractivity contribution in [1.29, 1.82) is 0 Å². The van der Waals surface area contributed by atoms with E-state index in [1.807, 2.05) is 31.2 Å². The lowest BCUT2D eigenvalue weighted by molar-refractivity contribution is -0.150. The molecule has 0 heterocycles. The maximum Gasteiger partial charge on any atom is 0.330 e. The van der Waals surface area contributed by atoms with Crippen LogP contribution in [-0.2, 0) is 9.53 Å². The van der Waals surface area contributed by atoms with Gasteiger partial charge in [0, 0.05) is 11.5 Å². The largest absolute Gasteiger partial charge is 0.459 e. The van der Waals surface area contributed by atoms with Gasteiger partial charge in [0.1, 0.15) is 6.10 Å². The lowest BCUT2D eigenvalue weighted by Gasteiger charge is -2.38. The molecule has 2 aliphatic carbocycles. The lowest BCUT2D eigenvalue weighted by atomic mass is 9.70. The molecule has 0 saturated heterocycles. The highest BCUT2D eigenvalue weighted by Crippen LogP contribution is 2.66. The fourth-order valence-corrected chi connectivity index (χ4v) is 4.15. The topological polar surface area (TPSA) is 26.3 Å². The molecule has 0 radical (unpaired) electrons. The van der Waals surface area contributed by atoms with Gasteiger partial charge in [-0.05, 0) is 50.4 Å². The molecular weight excluding hydrogens is 272 g/mol. The number of allylic oxidation sites excluding steroid dienone is 5. The molecule has 2 fully saturated rings. The predicted octanol–water partition coefficient (Wildman–Crippen LogP) is 5.21. The van der Waals surface area contributed by atoms with E-state index in [4.69, 9.17) is 4.74 Å². The summed E-state index contributed by atoms with van der Waals surface area (Å²) in [5.41, 5.74) is 0.440. The molecule has 0 amide bonds. The van der Waals surface area contributed by atoms with Crippen LogP contribution in [0.25, 0.3) is 0 Å². The standard InChI is InChI=1S/C20H30O2/c1-5-6-7-8-9-10-11-12-18(21)22-17-15-16-13-14-20(17,4)19(16,2)3/h5-8,11-12,16-17H,9-10,13-15H2,1-4H3/b6-5+,8-7+,12-11+/t16-,17+,20+/m1/s1. The van der Waals surface area contributed by atoms with Crippen LogP contribution in [0, 0.1) is 16.7 Å². The molecule has 22 heavy (non-hydrogen) atoms. The number of unbranched alkanes of at least 4 members (excludes halogenated alkanes) is 1. The van der Waals surface area contributed by atoms with Gasteiger partial charge in [0.05, 0.1) is 0 Å². The van der Waals surface area contributed by atoms with Gasteiger partial charge in [0.25, 0.3) is 0 Å². The van der Waals surface area contributed by atoms with Crippen molar-refractivity contribution in [2.45, 2.75) is 65.9 Å². The first kappa shape index (κ1) is 17.1. The van der Waals surface area contributed by atoms with Crippen LogP contribution in [0.1, 0.15) is 59.8 Å². The zero-order valence-corrected chi connectivity index (χ0v) is 14.5. The number of hydrogen-bond acceptors (Lipinski definition) is 2. The average molecular weight is 302 g/mol. The van der Waals surface area contributed by atoms with Gasteiger partial charge in [-0.1, -0.05) is 51.2 Å². The number of hydrogen-bond donors (Lipinski definition) is 0. The summed E-state index contributed by atoms with van der Waals surface area (Å²) in [6, 6.07) is 0. The second-order valence-electron chi connectivity index (χ2n) is 7.47. The van der Waals surface area contributed by atoms with Crippen LogP contribution in [0.2, 0.25) is 0 Å². The van der Waals surface area contributed by atoms with Gasteiger partial charge in [-0.2, -0.15) is 0 Å². The first-order valence-corrected chi connectivity index (χ1v) is 8.57. The van der Waals surface area contributed by atoms with Gasteiger partial charge in [-0.25, -0.2) is 4.79 Å². The van der Waals surface area contributed by atoms with Crippen LogP contribution in [0.4, 0.5) is 0 Å². The Balaban J connectivity index is 1.79. The molecule has 2 bridgehead atoms. The lowest BCUT2D eigenvalue weighted by Crippen LogP contribution is -2.38. The smallest absolute Gasteiger partial charge is 0.330 e. The van der Waals surface area contributed by atoms with E-state index in [9.17, 15) is 4.79 Å². The highest BCUT2D eigenvalue weighted by atomic mass is 16.5. The van der Waals surface area contributed by atoms with Crippen molar-refractivity contribution in [3.05, 3.63) is 36.5 Å². The first-order chi connectivity index (χ1) is 10.4. The third kappa shape index (κ3) is 3.21. The Morgan fingerprint density at radius 2 is 1.91 bits per heavy atom. The second kappa shape index (κ2) is 6.85. The Morgan fingerprint density at radius 3 is 2.50 bits per heavy atom. The van der Waals surface area contributed by atoms with Crippen molar-refractivity contribution in [2.24, 2.45) is 16.7 Å². The summed E-state index contributed by atoms with van der Waals surface area (Å²) in [4.78, 5) is 12.0. The fraction of sp³-hybridized carbons (Fsp3) is 0.650. The molecule has 2 heteroatoms. The average Bonchev–Trinajstić information content (AvgIpc) is 2.79. The van der Waals surface area contributed by atoms with Gasteiger partial charge in [0.2, 0.25) is 0 Å². The number of carbonyl (C=O) groups is 1. The Labute approximate surface area is 135 Å². The third-order valence-electron chi connectivity index (χ3n) is 6.17. The summed E-state index contributed by atoms with van der Waals surface area (Å²) < 4.78 is 5.77. The van der Waals surface area contributed by atoms with Gasteiger partial charge < -0.3 is 4.74 Å². The van der Waals surface area contributed by atoms with Crippen LogP contribution in [-0.4, -0.2) is 12.1 Å². The molecule has 2 nitrogen and oxygen atoms in total. The first-order valence-electron chi connectivity index (χ1n) is 8.57. The van der Waals surface area contributed by atoms with Crippen molar-refractivity contribution >= 4 is 5.97 Å². The zero-order valence-electron chi connectivity index (χ0n) is 14.5. The molecule has 0 N–H and O–H groups in total. The maximum atomic E-state index is 12.0. The van der Waals surface area contributed by atoms with Crippen molar-refractivity contribution in [3.8, 4) is 0 Å². The van der Waals surface area contributed by atoms with Gasteiger partial charge in [-0.3, -0.25) is 0 Å². The highest BCUT2D eigenvalue weighted by molar-refractivity contribution is 5.82. The van der Waals surface area contributed by atoms with E-state index in [2.05, 4.69) is 26.8 Å². The summed E-state index contributed by atoms with van der Waals surface area (Å²) in [5, 5.41) is 0. The van der Waals surface area contributed by atoms with Crippen LogP contribution in [0.5, 0.6) is 0 Å². The van der Waals surface area contributed by atoms with E-state index in [-0.39, 0.29) is 17.5 Å². The summed E-state index contributed by atoms with van der Waals surface area (Å²) in [5.74, 6) is 0.531. The van der Waals surface area contributed by atoms with Crippen LogP contribution in [0.15, 0.2) is 36.5 Å². The second-order valence-corrected chi connectivity index (χ2v) is 7.47. The molecule has 0 aromatic rings. The fourth-order valence-electron chi connectivity index (χ4n) is 4.15. The molecule has 122 valence electrons. The van der Waals surface area contributed by atoms with E-state index in [0.29, 0.717) is 11.3 Å². The van der Waals surface area contributed by atoms with Crippen LogP contribution < -0.4 is 0 Å². The van der Waals surface area contributed by atoms with Crippen LogP contribution in [0.3, 0.4) is 0 Å². The predicted molar refractivity (Wildman–Crippen MR) is 91.4 cm³/mol. The van der Waals surface area contributed by atoms with Crippen LogP contribution >= 0.6 is 0 Å². The number of rotatable bonds is 6. The van der Waals surface area contributed by atoms with Gasteiger partial charge >= 0.3 is 5.97 Å². The minimum atomic E-state index is -0.174. The molecule has 0 aromatic heterocycles. The summed E-state index contributed by atoms with van der Waals surface area (Å²) in [6.45, 7) is 8.97. The highest BCUT2D eigenvalue weighted by Gasteiger charge is 2.62. The van der Waals surface area contributed by atoms with Crippen molar-refractivity contribution < 1.29 is 9.53 Å². The molecule has 0 aliphatic heterocycles. The third-order valence-corrected chi connectivity index (χ3v) is 6.17. The Morgan fingerprint density at radius 1 is 1.18 bits per heavy atom. The van der Waals surface area contributed by atoms with E-state index in [1.54, 1.807) is 6.08 Å². The van der Waals surface area contributed by atoms with E-state index in [1.165, 1.54) is 12.8 Å². The SMILES string of the molecule is C/C=C/C=C/CC/C=C/C(=O)O[C@H]1C[C@H]2CC[C@]1(C)C2(C)C. The molecule has 0 spiro atoms. The Hall–Kier alpha value is -1.31. The van der Waals surface area contributed by atoms with E-state index >= 15 is 0 Å². The number of esters is 1. The molecule has 3 atom stereocenters. The summed E-state index contributed by atoms with van der Waals surface area (Å²) >= 11 is 0. The van der Waals surface area contributed by atoms with Crippen molar-refractivity contribution in [2.75, 3.05) is 0 Å². The molecule has 0 unspecified atom stereocenters. The Kier molecular flexibility index (Phi) is 5.31. The van der Waals surface area contributed by atoms with Gasteiger partial charge in [0.15, 0.2) is 0 Å². The minimum Gasteiger partial charge on any atom is -0.459 e. The molecule has 2 aliphatic rings. The summed E-state index contributed by atoms with van der Waals surface area (Å²) in [7, 11) is 0. The molecule has 2 saturated carbocycles. The zero-order chi connectivity index (χ0) is 16.2. The van der Waals surface area contributed by atoms with Crippen molar-refractivity contribution in [1.82, 2.24) is 0 Å². The number of ether oxygens (including phenoxy) is 1. The molecule has 0 aromatic carbocycles. The van der Waals surface area contributed by atoms with Crippen molar-refractivity contribution in [3.63, 3.8) is 0 Å². The number of carbonyl (C=O) groups excluding carboxylic acids is 1.